The van der Waals surface area contributed by atoms with Crippen LogP contribution in [0.15, 0.2) is 23.0 Å². The van der Waals surface area contributed by atoms with E-state index in [0.717, 1.165) is 0 Å². The Hall–Kier alpha value is -3.16. The van der Waals surface area contributed by atoms with Gasteiger partial charge < -0.3 is 20.1 Å². The van der Waals surface area contributed by atoms with Crippen LogP contribution < -0.4 is 15.6 Å². The van der Waals surface area contributed by atoms with Gasteiger partial charge in [-0.3, -0.25) is 9.59 Å². The fourth-order valence-corrected chi connectivity index (χ4v) is 2.35. The van der Waals surface area contributed by atoms with E-state index >= 15 is 0 Å². The van der Waals surface area contributed by atoms with Gasteiger partial charge in [-0.25, -0.2) is 9.78 Å². The van der Waals surface area contributed by atoms with Crippen molar-refractivity contribution in [1.82, 2.24) is 9.97 Å². The number of aromatic carboxylic acids is 1. The molecule has 3 N–H and O–H groups in total. The van der Waals surface area contributed by atoms with E-state index in [9.17, 15) is 14.4 Å². The molecule has 0 saturated carbocycles. The molecule has 0 atom stereocenters. The lowest BCUT2D eigenvalue weighted by atomic mass is 9.95. The second-order valence-corrected chi connectivity index (χ2v) is 6.80. The van der Waals surface area contributed by atoms with Crippen molar-refractivity contribution in [3.63, 3.8) is 0 Å². The van der Waals surface area contributed by atoms with Crippen LogP contribution in [0, 0.1) is 6.92 Å². The molecular weight excluding hydrogens is 338 g/mol. The number of carboxylic acid groups (broad SMARTS) is 1. The molecule has 0 fully saturated rings. The number of hydrogen-bond acceptors (Lipinski definition) is 5. The van der Waals surface area contributed by atoms with Crippen LogP contribution in [0.4, 0.5) is 5.69 Å². The molecule has 0 aliphatic heterocycles. The molecule has 0 radical (unpaired) electrons. The van der Waals surface area contributed by atoms with Crippen molar-refractivity contribution in [3.05, 3.63) is 51.2 Å². The number of carbonyl (C=O) groups is 2. The molecule has 138 valence electrons. The molecule has 0 aliphatic carbocycles. The van der Waals surface area contributed by atoms with E-state index in [-0.39, 0.29) is 22.3 Å². The normalized spacial score (nSPS) is 11.1. The second-order valence-electron chi connectivity index (χ2n) is 6.80. The Balaban J connectivity index is 2.37. The highest BCUT2D eigenvalue weighted by molar-refractivity contribution is 6.05. The van der Waals surface area contributed by atoms with Crippen LogP contribution in [0.1, 0.15) is 53.0 Å². The highest BCUT2D eigenvalue weighted by atomic mass is 16.5. The summed E-state index contributed by atoms with van der Waals surface area (Å²) in [6.07, 6.45) is 0. The van der Waals surface area contributed by atoms with Crippen LogP contribution >= 0.6 is 0 Å². The van der Waals surface area contributed by atoms with Crippen molar-refractivity contribution in [2.75, 3.05) is 12.4 Å². The molecule has 8 heteroatoms. The molecule has 26 heavy (non-hydrogen) atoms. The second kappa shape index (κ2) is 6.99. The maximum atomic E-state index is 12.5. The van der Waals surface area contributed by atoms with Gasteiger partial charge >= 0.3 is 5.97 Å². The Kier molecular flexibility index (Phi) is 5.15. The molecule has 2 rings (SSSR count). The molecule has 0 unspecified atom stereocenters. The van der Waals surface area contributed by atoms with E-state index in [1.165, 1.54) is 25.3 Å². The number of methoxy groups -OCH3 is 1. The van der Waals surface area contributed by atoms with Gasteiger partial charge in [-0.05, 0) is 19.1 Å². The zero-order valence-electron chi connectivity index (χ0n) is 15.3. The lowest BCUT2D eigenvalue weighted by molar-refractivity contribution is 0.0693. The number of hydrogen-bond donors (Lipinski definition) is 3. The number of nitrogens with zero attached hydrogens (tertiary/aromatic N) is 1. The Morgan fingerprint density at radius 2 is 1.92 bits per heavy atom. The molecule has 2 aromatic rings. The van der Waals surface area contributed by atoms with Crippen LogP contribution in [-0.4, -0.2) is 34.1 Å². The molecule has 0 bridgehead atoms. The van der Waals surface area contributed by atoms with E-state index in [1.807, 2.05) is 20.8 Å². The number of benzene rings is 1. The van der Waals surface area contributed by atoms with E-state index in [4.69, 9.17) is 9.84 Å². The van der Waals surface area contributed by atoms with Crippen molar-refractivity contribution >= 4 is 17.6 Å². The van der Waals surface area contributed by atoms with Gasteiger partial charge in [-0.2, -0.15) is 0 Å². The largest absolute Gasteiger partial charge is 0.496 e. The van der Waals surface area contributed by atoms with E-state index < -0.39 is 17.4 Å². The first-order chi connectivity index (χ1) is 12.0. The summed E-state index contributed by atoms with van der Waals surface area (Å²) in [6, 6.07) is 4.11. The average molecular weight is 359 g/mol. The summed E-state index contributed by atoms with van der Waals surface area (Å²) in [4.78, 5) is 42.9. The zero-order chi connectivity index (χ0) is 19.6. The molecule has 0 saturated heterocycles. The standard InChI is InChI=1S/C18H21N3O5/c1-9-13(15(23)21-17(19-9)18(2,3)4)14(22)20-10-6-7-11(16(24)25)12(8-10)26-5/h6-8H,1-5H3,(H,20,22)(H,24,25)(H,19,21,23). The molecule has 1 heterocycles. The average Bonchev–Trinajstić information content (AvgIpc) is 2.52. The van der Waals surface area contributed by atoms with Crippen LogP contribution in [0.2, 0.25) is 0 Å². The third kappa shape index (κ3) is 3.90. The van der Waals surface area contributed by atoms with E-state index in [1.54, 1.807) is 6.92 Å². The lowest BCUT2D eigenvalue weighted by Gasteiger charge is -2.18. The molecular formula is C18H21N3O5. The minimum Gasteiger partial charge on any atom is -0.496 e. The summed E-state index contributed by atoms with van der Waals surface area (Å²) in [6.45, 7) is 7.30. The summed E-state index contributed by atoms with van der Waals surface area (Å²) in [7, 11) is 1.33. The number of ether oxygens (including phenoxy) is 1. The molecule has 1 amide bonds. The number of aromatic nitrogens is 2. The van der Waals surface area contributed by atoms with Gasteiger partial charge in [-0.15, -0.1) is 0 Å². The maximum Gasteiger partial charge on any atom is 0.339 e. The number of carbonyl (C=O) groups excluding carboxylic acids is 1. The molecule has 8 nitrogen and oxygen atoms in total. The molecule has 1 aromatic carbocycles. The molecule has 0 spiro atoms. The fraction of sp³-hybridized carbons (Fsp3) is 0.333. The SMILES string of the molecule is COc1cc(NC(=O)c2c(C)nc(C(C)(C)C)[nH]c2=O)ccc1C(=O)O. The van der Waals surface area contributed by atoms with E-state index in [2.05, 4.69) is 15.3 Å². The molecule has 1 aromatic heterocycles. The minimum absolute atomic E-state index is 0.0317. The van der Waals surface area contributed by atoms with Crippen LogP contribution in [0.5, 0.6) is 5.75 Å². The Morgan fingerprint density at radius 1 is 1.27 bits per heavy atom. The Morgan fingerprint density at radius 3 is 2.42 bits per heavy atom. The lowest BCUT2D eigenvalue weighted by Crippen LogP contribution is -2.30. The highest BCUT2D eigenvalue weighted by Gasteiger charge is 2.22. The third-order valence-electron chi connectivity index (χ3n) is 3.73. The van der Waals surface area contributed by atoms with Crippen molar-refractivity contribution in [2.45, 2.75) is 33.1 Å². The number of anilines is 1. The summed E-state index contributed by atoms with van der Waals surface area (Å²) < 4.78 is 5.02. The van der Waals surface area contributed by atoms with Crippen molar-refractivity contribution in [1.29, 1.82) is 0 Å². The van der Waals surface area contributed by atoms with Gasteiger partial charge in [0.1, 0.15) is 22.7 Å². The molecule has 0 aliphatic rings. The van der Waals surface area contributed by atoms with Crippen molar-refractivity contribution < 1.29 is 19.4 Å². The van der Waals surface area contributed by atoms with Gasteiger partial charge in [0.2, 0.25) is 0 Å². The summed E-state index contributed by atoms with van der Waals surface area (Å²) >= 11 is 0. The first-order valence-corrected chi connectivity index (χ1v) is 7.88. The number of amides is 1. The first kappa shape index (κ1) is 19.2. The summed E-state index contributed by atoms with van der Waals surface area (Å²) in [5.41, 5.74) is -0.413. The first-order valence-electron chi connectivity index (χ1n) is 7.88. The van der Waals surface area contributed by atoms with Gasteiger partial charge in [0.25, 0.3) is 11.5 Å². The topological polar surface area (TPSA) is 121 Å². The monoisotopic (exact) mass is 359 g/mol. The van der Waals surface area contributed by atoms with Crippen LogP contribution in [0.25, 0.3) is 0 Å². The number of H-pyrrole nitrogens is 1. The fourth-order valence-electron chi connectivity index (χ4n) is 2.35. The number of carboxylic acids is 1. The number of rotatable bonds is 4. The Bertz CT molecular complexity index is 925. The minimum atomic E-state index is -1.14. The van der Waals surface area contributed by atoms with E-state index in [0.29, 0.717) is 17.2 Å². The van der Waals surface area contributed by atoms with Gasteiger partial charge in [0, 0.05) is 17.2 Å². The van der Waals surface area contributed by atoms with Gasteiger partial charge in [0.15, 0.2) is 0 Å². The smallest absolute Gasteiger partial charge is 0.339 e. The third-order valence-corrected chi connectivity index (χ3v) is 3.73. The number of aryl methyl sites for hydroxylation is 1. The highest BCUT2D eigenvalue weighted by Crippen LogP contribution is 2.24. The summed E-state index contributed by atoms with van der Waals surface area (Å²) in [5.74, 6) is -1.19. The Labute approximate surface area is 150 Å². The zero-order valence-corrected chi connectivity index (χ0v) is 15.3. The van der Waals surface area contributed by atoms with Gasteiger partial charge in [0.05, 0.1) is 12.8 Å². The quantitative estimate of drug-likeness (QED) is 0.770. The van der Waals surface area contributed by atoms with Crippen molar-refractivity contribution in [2.24, 2.45) is 0 Å². The number of nitrogens with one attached hydrogen (secondary N) is 2. The van der Waals surface area contributed by atoms with Gasteiger partial charge in [-0.1, -0.05) is 20.8 Å². The van der Waals surface area contributed by atoms with Crippen LogP contribution in [0.3, 0.4) is 0 Å². The summed E-state index contributed by atoms with van der Waals surface area (Å²) in [5, 5.41) is 11.7. The number of aromatic amines is 1. The predicted molar refractivity (Wildman–Crippen MR) is 96.2 cm³/mol. The maximum absolute atomic E-state index is 12.5. The predicted octanol–water partition coefficient (Wildman–Crippen LogP) is 2.33. The van der Waals surface area contributed by atoms with Crippen molar-refractivity contribution in [3.8, 4) is 5.75 Å². The van der Waals surface area contributed by atoms with Crippen LogP contribution in [-0.2, 0) is 5.41 Å².